The molecule has 1 aromatic rings. The quantitative estimate of drug-likeness (QED) is 0.463. The molecule has 4 nitrogen and oxygen atoms in total. The second-order valence-electron chi connectivity index (χ2n) is 5.50. The van der Waals surface area contributed by atoms with Crippen molar-refractivity contribution in [2.24, 2.45) is 0 Å². The number of ether oxygens (including phenoxy) is 3. The fourth-order valence-electron chi connectivity index (χ4n) is 2.37. The first kappa shape index (κ1) is 17.6. The highest BCUT2D eigenvalue weighted by molar-refractivity contribution is 5.95. The van der Waals surface area contributed by atoms with Gasteiger partial charge < -0.3 is 14.2 Å². The maximum absolute atomic E-state index is 12.0. The Balaban J connectivity index is 2.32. The molecule has 0 bridgehead atoms. The van der Waals surface area contributed by atoms with Gasteiger partial charge in [0.15, 0.2) is 0 Å². The van der Waals surface area contributed by atoms with Crippen molar-refractivity contribution in [3.05, 3.63) is 76.8 Å². The lowest BCUT2D eigenvalue weighted by Gasteiger charge is -2.16. The van der Waals surface area contributed by atoms with Crippen molar-refractivity contribution in [1.82, 2.24) is 0 Å². The van der Waals surface area contributed by atoms with Gasteiger partial charge in [0.1, 0.15) is 11.3 Å². The smallest absolute Gasteiger partial charge is 0.341 e. The highest BCUT2D eigenvalue weighted by atomic mass is 16.5. The van der Waals surface area contributed by atoms with Gasteiger partial charge >= 0.3 is 5.97 Å². The van der Waals surface area contributed by atoms with Gasteiger partial charge in [0, 0.05) is 0 Å². The Kier molecular flexibility index (Phi) is 6.01. The molecule has 1 aliphatic carbocycles. The minimum Gasteiger partial charge on any atom is -0.503 e. The van der Waals surface area contributed by atoms with Crippen LogP contribution in [0.5, 0.6) is 5.75 Å². The van der Waals surface area contributed by atoms with Crippen LogP contribution in [0, 0.1) is 13.8 Å². The molecule has 0 aromatic heterocycles. The molecule has 0 atom stereocenters. The summed E-state index contributed by atoms with van der Waals surface area (Å²) in [5.74, 6) is 0.350. The Morgan fingerprint density at radius 1 is 1.21 bits per heavy atom. The maximum atomic E-state index is 12.0. The third-order valence-corrected chi connectivity index (χ3v) is 3.69. The van der Waals surface area contributed by atoms with Crippen LogP contribution in [0.1, 0.15) is 17.5 Å². The zero-order valence-corrected chi connectivity index (χ0v) is 14.5. The molecule has 1 aliphatic rings. The minimum atomic E-state index is -0.448. The summed E-state index contributed by atoms with van der Waals surface area (Å²) in [6.07, 6.45) is 9.49. The summed E-state index contributed by atoms with van der Waals surface area (Å²) in [7, 11) is 2.85. The average molecular weight is 326 g/mol. The number of hydrogen-bond donors (Lipinski definition) is 0. The molecule has 0 radical (unpaired) electrons. The van der Waals surface area contributed by atoms with Crippen LogP contribution in [0.4, 0.5) is 0 Å². The van der Waals surface area contributed by atoms with Gasteiger partial charge in [-0.2, -0.15) is 0 Å². The summed E-state index contributed by atoms with van der Waals surface area (Å²) in [6, 6.07) is 6.05. The van der Waals surface area contributed by atoms with Crippen molar-refractivity contribution < 1.29 is 19.0 Å². The van der Waals surface area contributed by atoms with E-state index in [1.54, 1.807) is 6.26 Å². The molecule has 0 aliphatic heterocycles. The number of methoxy groups -OCH3 is 2. The lowest BCUT2D eigenvalue weighted by Crippen LogP contribution is -2.11. The summed E-state index contributed by atoms with van der Waals surface area (Å²) in [6.45, 7) is 4.01. The highest BCUT2D eigenvalue weighted by Crippen LogP contribution is 2.28. The van der Waals surface area contributed by atoms with Gasteiger partial charge in [0.25, 0.3) is 0 Å². The van der Waals surface area contributed by atoms with E-state index in [1.807, 2.05) is 50.3 Å². The van der Waals surface area contributed by atoms with Gasteiger partial charge in [-0.3, -0.25) is 0 Å². The lowest BCUT2D eigenvalue weighted by molar-refractivity contribution is -0.135. The number of carbonyl (C=O) groups is 1. The summed E-state index contributed by atoms with van der Waals surface area (Å²) < 4.78 is 15.7. The zero-order chi connectivity index (χ0) is 17.5. The van der Waals surface area contributed by atoms with Crippen molar-refractivity contribution in [3.63, 3.8) is 0 Å². The van der Waals surface area contributed by atoms with Crippen molar-refractivity contribution in [2.45, 2.75) is 20.3 Å². The third-order valence-electron chi connectivity index (χ3n) is 3.69. The SMILES string of the molecule is COC=C(C(=O)OC)C1=CC=CCC1=COc1cc(C)ccc1C. The first-order chi connectivity index (χ1) is 11.6. The minimum absolute atomic E-state index is 0.361. The molecule has 0 amide bonds. The monoisotopic (exact) mass is 326 g/mol. The normalized spacial score (nSPS) is 15.9. The third kappa shape index (κ3) is 4.16. The molecule has 0 fully saturated rings. The van der Waals surface area contributed by atoms with Gasteiger partial charge in [-0.05, 0) is 48.6 Å². The molecule has 0 N–H and O–H groups in total. The van der Waals surface area contributed by atoms with Crippen LogP contribution >= 0.6 is 0 Å². The largest absolute Gasteiger partial charge is 0.503 e. The van der Waals surface area contributed by atoms with E-state index in [1.165, 1.54) is 20.5 Å². The Hall–Kier alpha value is -2.75. The first-order valence-electron chi connectivity index (χ1n) is 7.68. The molecule has 0 saturated carbocycles. The van der Waals surface area contributed by atoms with Gasteiger partial charge in [-0.15, -0.1) is 0 Å². The number of benzene rings is 1. The van der Waals surface area contributed by atoms with Crippen molar-refractivity contribution in [3.8, 4) is 5.75 Å². The molecular formula is C20H22O4. The highest BCUT2D eigenvalue weighted by Gasteiger charge is 2.20. The Morgan fingerprint density at radius 3 is 2.71 bits per heavy atom. The molecule has 2 rings (SSSR count). The zero-order valence-electron chi connectivity index (χ0n) is 14.5. The average Bonchev–Trinajstić information content (AvgIpc) is 2.60. The van der Waals surface area contributed by atoms with Crippen LogP contribution in [-0.4, -0.2) is 20.2 Å². The standard InChI is InChI=1S/C20H22O4/c1-14-9-10-15(2)19(11-14)24-12-16-7-5-6-8-17(16)18(13-22-3)20(21)23-4/h5-6,8-13H,7H2,1-4H3. The maximum Gasteiger partial charge on any atom is 0.341 e. The van der Waals surface area contributed by atoms with Crippen molar-refractivity contribution in [1.29, 1.82) is 0 Å². The fourth-order valence-corrected chi connectivity index (χ4v) is 2.37. The fraction of sp³-hybridized carbons (Fsp3) is 0.250. The van der Waals surface area contributed by atoms with E-state index in [-0.39, 0.29) is 0 Å². The number of rotatable bonds is 5. The molecule has 1 aromatic carbocycles. The van der Waals surface area contributed by atoms with E-state index in [4.69, 9.17) is 14.2 Å². The summed E-state index contributed by atoms with van der Waals surface area (Å²) >= 11 is 0. The van der Waals surface area contributed by atoms with E-state index in [0.29, 0.717) is 12.0 Å². The molecule has 24 heavy (non-hydrogen) atoms. The van der Waals surface area contributed by atoms with E-state index < -0.39 is 5.97 Å². The summed E-state index contributed by atoms with van der Waals surface area (Å²) in [4.78, 5) is 12.0. The molecule has 0 heterocycles. The van der Waals surface area contributed by atoms with Crippen LogP contribution in [-0.2, 0) is 14.3 Å². The predicted molar refractivity (Wildman–Crippen MR) is 93.6 cm³/mol. The Morgan fingerprint density at radius 2 is 2.00 bits per heavy atom. The second kappa shape index (κ2) is 8.20. The van der Waals surface area contributed by atoms with Crippen molar-refractivity contribution in [2.75, 3.05) is 14.2 Å². The lowest BCUT2D eigenvalue weighted by atomic mass is 9.93. The van der Waals surface area contributed by atoms with E-state index >= 15 is 0 Å². The molecule has 0 saturated heterocycles. The molecular weight excluding hydrogens is 304 g/mol. The predicted octanol–water partition coefficient (Wildman–Crippen LogP) is 4.16. The van der Waals surface area contributed by atoms with Crippen LogP contribution in [0.3, 0.4) is 0 Å². The van der Waals surface area contributed by atoms with Gasteiger partial charge in [0.05, 0.1) is 26.7 Å². The molecule has 126 valence electrons. The van der Waals surface area contributed by atoms with Crippen LogP contribution < -0.4 is 4.74 Å². The molecule has 0 unspecified atom stereocenters. The second-order valence-corrected chi connectivity index (χ2v) is 5.50. The molecule has 0 spiro atoms. The van der Waals surface area contributed by atoms with E-state index in [0.717, 1.165) is 28.0 Å². The number of esters is 1. The van der Waals surface area contributed by atoms with Gasteiger partial charge in [-0.1, -0.05) is 30.4 Å². The summed E-state index contributed by atoms with van der Waals surface area (Å²) in [5.41, 5.74) is 4.15. The number of hydrogen-bond acceptors (Lipinski definition) is 4. The number of carbonyl (C=O) groups excluding carboxylic acids is 1. The van der Waals surface area contributed by atoms with Gasteiger partial charge in [-0.25, -0.2) is 4.79 Å². The van der Waals surface area contributed by atoms with Crippen molar-refractivity contribution >= 4 is 5.97 Å². The molecule has 4 heteroatoms. The number of aryl methyl sites for hydroxylation is 2. The van der Waals surface area contributed by atoms with Gasteiger partial charge in [0.2, 0.25) is 0 Å². The summed E-state index contributed by atoms with van der Waals surface area (Å²) in [5, 5.41) is 0. The van der Waals surface area contributed by atoms with Crippen LogP contribution in [0.15, 0.2) is 65.7 Å². The Labute approximate surface area is 142 Å². The van der Waals surface area contributed by atoms with E-state index in [9.17, 15) is 4.79 Å². The van der Waals surface area contributed by atoms with E-state index in [2.05, 4.69) is 0 Å². The first-order valence-corrected chi connectivity index (χ1v) is 7.68. The Bertz CT molecular complexity index is 736. The topological polar surface area (TPSA) is 44.8 Å². The number of allylic oxidation sites excluding steroid dienone is 4. The van der Waals surface area contributed by atoms with Crippen LogP contribution in [0.25, 0.3) is 0 Å². The van der Waals surface area contributed by atoms with Crippen LogP contribution in [0.2, 0.25) is 0 Å².